The average Bonchev–Trinajstić information content (AvgIpc) is 3.33. The summed E-state index contributed by atoms with van der Waals surface area (Å²) in [6, 6.07) is 6.18. The van der Waals surface area contributed by atoms with Crippen molar-refractivity contribution < 1.29 is 19.1 Å². The highest BCUT2D eigenvalue weighted by Gasteiger charge is 2.55. The van der Waals surface area contributed by atoms with Crippen molar-refractivity contribution in [1.29, 1.82) is 0 Å². The Morgan fingerprint density at radius 3 is 2.73 bits per heavy atom. The van der Waals surface area contributed by atoms with E-state index >= 15 is 0 Å². The Morgan fingerprint density at radius 2 is 2.12 bits per heavy atom. The normalized spacial score (nSPS) is 22.0. The number of aromatic amines is 1. The number of aromatic nitrogens is 2. The number of H-pyrrole nitrogens is 1. The van der Waals surface area contributed by atoms with Gasteiger partial charge in [0.1, 0.15) is 5.75 Å². The lowest BCUT2D eigenvalue weighted by Gasteiger charge is -2.29. The van der Waals surface area contributed by atoms with Gasteiger partial charge in [-0.3, -0.25) is 14.7 Å². The maximum Gasteiger partial charge on any atom is 0.335 e. The molecule has 0 bridgehead atoms. The quantitative estimate of drug-likeness (QED) is 0.539. The van der Waals surface area contributed by atoms with Gasteiger partial charge < -0.3 is 15.0 Å². The summed E-state index contributed by atoms with van der Waals surface area (Å²) in [7, 11) is 1.53. The van der Waals surface area contributed by atoms with Crippen LogP contribution in [0.3, 0.4) is 0 Å². The SMILES string of the molecule is COc1ccc2c(c1)C(=O)N(C[C@@]1(c3cc[nH]n3)NC(=O)N(S)C1=O)C2. The first kappa shape index (κ1) is 16.5. The van der Waals surface area contributed by atoms with E-state index in [9.17, 15) is 14.4 Å². The molecule has 4 amide bonds. The van der Waals surface area contributed by atoms with E-state index in [1.54, 1.807) is 24.4 Å². The number of rotatable bonds is 4. The van der Waals surface area contributed by atoms with Crippen molar-refractivity contribution in [2.45, 2.75) is 12.1 Å². The van der Waals surface area contributed by atoms with Crippen LogP contribution in [0.5, 0.6) is 5.75 Å². The van der Waals surface area contributed by atoms with E-state index in [0.717, 1.165) is 5.56 Å². The summed E-state index contributed by atoms with van der Waals surface area (Å²) in [6.45, 7) is 0.259. The summed E-state index contributed by atoms with van der Waals surface area (Å²) in [5.41, 5.74) is 0.169. The zero-order valence-electron chi connectivity index (χ0n) is 13.7. The molecule has 134 valence electrons. The van der Waals surface area contributed by atoms with Crippen LogP contribution in [0.25, 0.3) is 0 Å². The van der Waals surface area contributed by atoms with Crippen LogP contribution in [0, 0.1) is 0 Å². The summed E-state index contributed by atoms with van der Waals surface area (Å²) in [4.78, 5) is 39.1. The lowest BCUT2D eigenvalue weighted by Crippen LogP contribution is -2.52. The van der Waals surface area contributed by atoms with E-state index in [4.69, 9.17) is 4.74 Å². The standard InChI is InChI=1S/C16H15N5O4S/c1-25-10-3-2-9-7-20(13(22)11(9)6-10)8-16(12-4-5-17-19-12)14(23)21(26)15(24)18-16/h2-6,26H,7-8H2,1H3,(H,17,19)(H,18,24)/t16-/m0/s1. The topological polar surface area (TPSA) is 108 Å². The van der Waals surface area contributed by atoms with E-state index in [-0.39, 0.29) is 12.5 Å². The first-order valence-corrected chi connectivity index (χ1v) is 8.18. The van der Waals surface area contributed by atoms with Crippen LogP contribution in [0.1, 0.15) is 21.6 Å². The molecule has 1 atom stereocenters. The molecule has 10 heteroatoms. The molecule has 1 saturated heterocycles. The fraction of sp³-hybridized carbons (Fsp3) is 0.250. The van der Waals surface area contributed by atoms with Crippen LogP contribution in [-0.2, 0) is 16.9 Å². The summed E-state index contributed by atoms with van der Waals surface area (Å²) < 4.78 is 5.87. The number of ether oxygens (including phenoxy) is 1. The largest absolute Gasteiger partial charge is 0.497 e. The number of carbonyl (C=O) groups excluding carboxylic acids is 3. The number of thiol groups is 1. The van der Waals surface area contributed by atoms with Gasteiger partial charge in [-0.15, -0.1) is 0 Å². The van der Waals surface area contributed by atoms with Gasteiger partial charge in [-0.1, -0.05) is 18.9 Å². The van der Waals surface area contributed by atoms with Gasteiger partial charge in [-0.25, -0.2) is 9.10 Å². The van der Waals surface area contributed by atoms with Crippen molar-refractivity contribution in [3.8, 4) is 5.75 Å². The highest BCUT2D eigenvalue weighted by atomic mass is 32.1. The molecule has 0 saturated carbocycles. The number of hydrogen-bond donors (Lipinski definition) is 3. The molecule has 2 aromatic rings. The maximum absolute atomic E-state index is 12.8. The molecule has 0 unspecified atom stereocenters. The van der Waals surface area contributed by atoms with Gasteiger partial charge in [0.15, 0.2) is 5.54 Å². The molecular weight excluding hydrogens is 358 g/mol. The summed E-state index contributed by atoms with van der Waals surface area (Å²) >= 11 is 3.94. The number of fused-ring (bicyclic) bond motifs is 1. The fourth-order valence-electron chi connectivity index (χ4n) is 3.30. The van der Waals surface area contributed by atoms with Gasteiger partial charge in [-0.2, -0.15) is 5.10 Å². The first-order valence-electron chi connectivity index (χ1n) is 7.78. The van der Waals surface area contributed by atoms with Crippen LogP contribution in [-0.4, -0.2) is 50.9 Å². The van der Waals surface area contributed by atoms with Crippen molar-refractivity contribution in [1.82, 2.24) is 24.7 Å². The van der Waals surface area contributed by atoms with Gasteiger partial charge in [0.2, 0.25) is 0 Å². The highest BCUT2D eigenvalue weighted by molar-refractivity contribution is 7.79. The van der Waals surface area contributed by atoms with Crippen molar-refractivity contribution in [2.24, 2.45) is 0 Å². The maximum atomic E-state index is 12.8. The van der Waals surface area contributed by atoms with Crippen LogP contribution in [0.4, 0.5) is 4.79 Å². The molecule has 9 nitrogen and oxygen atoms in total. The number of amides is 4. The predicted molar refractivity (Wildman–Crippen MR) is 92.4 cm³/mol. The average molecular weight is 373 g/mol. The zero-order valence-corrected chi connectivity index (χ0v) is 14.6. The number of carbonyl (C=O) groups is 3. The molecule has 3 heterocycles. The second-order valence-corrected chi connectivity index (χ2v) is 6.50. The zero-order chi connectivity index (χ0) is 18.5. The lowest BCUT2D eigenvalue weighted by molar-refractivity contribution is -0.128. The van der Waals surface area contributed by atoms with E-state index in [2.05, 4.69) is 28.3 Å². The monoisotopic (exact) mass is 373 g/mol. The number of nitrogens with one attached hydrogen (secondary N) is 2. The minimum absolute atomic E-state index is 0.0602. The van der Waals surface area contributed by atoms with Crippen molar-refractivity contribution >= 4 is 30.7 Å². The highest BCUT2D eigenvalue weighted by Crippen LogP contribution is 2.34. The Hall–Kier alpha value is -3.01. The molecule has 0 spiro atoms. The molecule has 2 aliphatic rings. The number of benzene rings is 1. The molecule has 0 radical (unpaired) electrons. The third-order valence-corrected chi connectivity index (χ3v) is 5.00. The fourth-order valence-corrected chi connectivity index (χ4v) is 3.52. The van der Waals surface area contributed by atoms with E-state index < -0.39 is 17.5 Å². The molecule has 1 aromatic carbocycles. The Morgan fingerprint density at radius 1 is 1.31 bits per heavy atom. The minimum atomic E-state index is -1.49. The molecule has 0 aliphatic carbocycles. The summed E-state index contributed by atoms with van der Waals surface area (Å²) in [6.07, 6.45) is 1.54. The second-order valence-electron chi connectivity index (χ2n) is 6.10. The number of imide groups is 1. The lowest BCUT2D eigenvalue weighted by atomic mass is 9.94. The van der Waals surface area contributed by atoms with Crippen molar-refractivity contribution in [3.05, 3.63) is 47.3 Å². The number of methoxy groups -OCH3 is 1. The second kappa shape index (κ2) is 5.77. The van der Waals surface area contributed by atoms with Gasteiger partial charge in [-0.05, 0) is 23.8 Å². The Bertz CT molecular complexity index is 915. The molecule has 2 N–H and O–H groups in total. The molecule has 1 fully saturated rings. The molecular formula is C16H15N5O4S. The smallest absolute Gasteiger partial charge is 0.335 e. The predicted octanol–water partition coefficient (Wildman–Crippen LogP) is 0.666. The van der Waals surface area contributed by atoms with Crippen LogP contribution < -0.4 is 10.1 Å². The van der Waals surface area contributed by atoms with Crippen LogP contribution in [0.2, 0.25) is 0 Å². The van der Waals surface area contributed by atoms with Crippen molar-refractivity contribution in [3.63, 3.8) is 0 Å². The molecule has 1 aromatic heterocycles. The Kier molecular flexibility index (Phi) is 3.65. The Labute approximate surface area is 153 Å². The number of hydrogen-bond acceptors (Lipinski definition) is 6. The minimum Gasteiger partial charge on any atom is -0.497 e. The third kappa shape index (κ3) is 2.25. The molecule has 2 aliphatic heterocycles. The van der Waals surface area contributed by atoms with E-state index in [1.165, 1.54) is 12.0 Å². The Balaban J connectivity index is 1.69. The van der Waals surface area contributed by atoms with Crippen LogP contribution in [0.15, 0.2) is 30.5 Å². The van der Waals surface area contributed by atoms with Crippen LogP contribution >= 0.6 is 12.8 Å². The third-order valence-electron chi connectivity index (χ3n) is 4.63. The number of nitrogens with zero attached hydrogens (tertiary/aromatic N) is 3. The van der Waals surface area contributed by atoms with Gasteiger partial charge in [0.05, 0.1) is 19.3 Å². The van der Waals surface area contributed by atoms with E-state index in [1.807, 2.05) is 6.07 Å². The van der Waals surface area contributed by atoms with Gasteiger partial charge in [0, 0.05) is 18.3 Å². The van der Waals surface area contributed by atoms with Gasteiger partial charge in [0.25, 0.3) is 11.8 Å². The molecule has 4 rings (SSSR count). The molecule has 26 heavy (non-hydrogen) atoms. The van der Waals surface area contributed by atoms with Gasteiger partial charge >= 0.3 is 6.03 Å². The number of urea groups is 1. The summed E-state index contributed by atoms with van der Waals surface area (Å²) in [5.74, 6) is -0.250. The van der Waals surface area contributed by atoms with Crippen molar-refractivity contribution in [2.75, 3.05) is 13.7 Å². The first-order chi connectivity index (χ1) is 12.5. The summed E-state index contributed by atoms with van der Waals surface area (Å²) in [5, 5.41) is 9.31. The van der Waals surface area contributed by atoms with E-state index in [0.29, 0.717) is 27.9 Å².